The van der Waals surface area contributed by atoms with Crippen molar-refractivity contribution in [2.75, 3.05) is 5.75 Å². The fourth-order valence-electron chi connectivity index (χ4n) is 2.32. The van der Waals surface area contributed by atoms with Crippen molar-refractivity contribution in [3.63, 3.8) is 0 Å². The van der Waals surface area contributed by atoms with Crippen LogP contribution in [0.25, 0.3) is 5.69 Å². The number of halogens is 3. The first-order valence-electron chi connectivity index (χ1n) is 7.29. The minimum absolute atomic E-state index is 0.0201. The van der Waals surface area contributed by atoms with Crippen LogP contribution in [0.2, 0.25) is 15.2 Å². The average molecular weight is 430 g/mol. The van der Waals surface area contributed by atoms with Crippen molar-refractivity contribution >= 4 is 50.4 Å². The standard InChI is InChI=1S/C17H11Cl3N2O3S/c18-11-5-7-12(8-6-11)22-10-21-16(17(22)20)14(23)9-26(24,25)15-4-2-1-3-13(15)19/h1-8,10H,9H2. The van der Waals surface area contributed by atoms with E-state index in [4.69, 9.17) is 34.8 Å². The smallest absolute Gasteiger partial charge is 0.199 e. The molecule has 26 heavy (non-hydrogen) atoms. The zero-order chi connectivity index (χ0) is 18.9. The summed E-state index contributed by atoms with van der Waals surface area (Å²) < 4.78 is 26.4. The second-order valence-corrected chi connectivity index (χ2v) is 8.50. The maximum Gasteiger partial charge on any atom is 0.199 e. The van der Waals surface area contributed by atoms with Crippen LogP contribution in [0.4, 0.5) is 0 Å². The summed E-state index contributed by atoms with van der Waals surface area (Å²) in [7, 11) is -3.92. The number of aromatic nitrogens is 2. The predicted octanol–water partition coefficient (Wildman–Crippen LogP) is 4.49. The first-order valence-corrected chi connectivity index (χ1v) is 10.1. The summed E-state index contributed by atoms with van der Waals surface area (Å²) in [5, 5.41) is 0.622. The number of imidazole rings is 1. The number of nitrogens with zero attached hydrogens (tertiary/aromatic N) is 2. The Kier molecular flexibility index (Phi) is 5.39. The molecular formula is C17H11Cl3N2O3S. The summed E-state index contributed by atoms with van der Waals surface area (Å²) in [6, 6.07) is 12.7. The molecule has 0 N–H and O–H groups in total. The summed E-state index contributed by atoms with van der Waals surface area (Å²) in [6.45, 7) is 0. The highest BCUT2D eigenvalue weighted by molar-refractivity contribution is 7.92. The van der Waals surface area contributed by atoms with E-state index in [1.54, 1.807) is 30.3 Å². The Morgan fingerprint density at radius 3 is 2.31 bits per heavy atom. The summed E-state index contributed by atoms with van der Waals surface area (Å²) in [6.07, 6.45) is 1.35. The predicted molar refractivity (Wildman–Crippen MR) is 101 cm³/mol. The van der Waals surface area contributed by atoms with Crippen molar-refractivity contribution in [1.29, 1.82) is 0 Å². The largest absolute Gasteiger partial charge is 0.291 e. The van der Waals surface area contributed by atoms with Gasteiger partial charge in [0.2, 0.25) is 0 Å². The Hall–Kier alpha value is -1.86. The lowest BCUT2D eigenvalue weighted by Gasteiger charge is -2.06. The molecule has 0 aliphatic rings. The highest BCUT2D eigenvalue weighted by atomic mass is 35.5. The van der Waals surface area contributed by atoms with Gasteiger partial charge in [-0.1, -0.05) is 46.9 Å². The highest BCUT2D eigenvalue weighted by Gasteiger charge is 2.26. The first-order chi connectivity index (χ1) is 12.3. The van der Waals surface area contributed by atoms with Crippen LogP contribution in [-0.2, 0) is 9.84 Å². The molecule has 0 spiro atoms. The SMILES string of the molecule is O=C(CS(=O)(=O)c1ccccc1Cl)c1ncn(-c2ccc(Cl)cc2)c1Cl. The van der Waals surface area contributed by atoms with Gasteiger partial charge in [-0.25, -0.2) is 13.4 Å². The molecule has 3 rings (SSSR count). The minimum atomic E-state index is -3.92. The van der Waals surface area contributed by atoms with E-state index in [1.807, 2.05) is 0 Å². The summed E-state index contributed by atoms with van der Waals surface area (Å²) in [5.41, 5.74) is 0.511. The molecular weight excluding hydrogens is 419 g/mol. The van der Waals surface area contributed by atoms with E-state index in [0.717, 1.165) is 0 Å². The van der Waals surface area contributed by atoms with E-state index in [9.17, 15) is 13.2 Å². The second-order valence-electron chi connectivity index (χ2n) is 5.34. The van der Waals surface area contributed by atoms with Gasteiger partial charge in [-0.2, -0.15) is 0 Å². The van der Waals surface area contributed by atoms with E-state index in [2.05, 4.69) is 4.98 Å². The normalized spacial score (nSPS) is 11.5. The Balaban J connectivity index is 1.90. The molecule has 1 aromatic heterocycles. The molecule has 9 heteroatoms. The Labute approximate surface area is 165 Å². The van der Waals surface area contributed by atoms with Gasteiger partial charge in [0.15, 0.2) is 15.6 Å². The first kappa shape index (κ1) is 18.9. The van der Waals surface area contributed by atoms with Gasteiger partial charge in [-0.05, 0) is 36.4 Å². The average Bonchev–Trinajstić information content (AvgIpc) is 2.97. The third kappa shape index (κ3) is 3.78. The van der Waals surface area contributed by atoms with Crippen molar-refractivity contribution in [2.24, 2.45) is 0 Å². The maximum absolute atomic E-state index is 12.5. The van der Waals surface area contributed by atoms with Gasteiger partial charge < -0.3 is 0 Å². The van der Waals surface area contributed by atoms with E-state index in [0.29, 0.717) is 10.7 Å². The van der Waals surface area contributed by atoms with Crippen LogP contribution in [-0.4, -0.2) is 29.5 Å². The lowest BCUT2D eigenvalue weighted by molar-refractivity contribution is 0.101. The third-order valence-electron chi connectivity index (χ3n) is 3.57. The van der Waals surface area contributed by atoms with Crippen LogP contribution in [0.1, 0.15) is 10.5 Å². The zero-order valence-corrected chi connectivity index (χ0v) is 16.1. The summed E-state index contributed by atoms with van der Waals surface area (Å²) in [5.74, 6) is -1.50. The van der Waals surface area contributed by atoms with E-state index < -0.39 is 21.4 Å². The molecule has 1 heterocycles. The molecule has 0 aliphatic carbocycles. The zero-order valence-electron chi connectivity index (χ0n) is 13.1. The molecule has 0 saturated carbocycles. The molecule has 0 fully saturated rings. The van der Waals surface area contributed by atoms with Crippen molar-refractivity contribution in [2.45, 2.75) is 4.90 Å². The van der Waals surface area contributed by atoms with Crippen molar-refractivity contribution in [3.8, 4) is 5.69 Å². The Bertz CT molecular complexity index is 1080. The van der Waals surface area contributed by atoms with Gasteiger partial charge in [0.05, 0.1) is 9.92 Å². The monoisotopic (exact) mass is 428 g/mol. The molecule has 0 aliphatic heterocycles. The number of ketones is 1. The van der Waals surface area contributed by atoms with Gasteiger partial charge in [0.25, 0.3) is 0 Å². The number of carbonyl (C=O) groups excluding carboxylic acids is 1. The maximum atomic E-state index is 12.5. The summed E-state index contributed by atoms with van der Waals surface area (Å²) in [4.78, 5) is 16.3. The van der Waals surface area contributed by atoms with Gasteiger partial charge >= 0.3 is 0 Å². The summed E-state index contributed by atoms with van der Waals surface area (Å²) >= 11 is 18.0. The van der Waals surface area contributed by atoms with Crippen molar-refractivity contribution < 1.29 is 13.2 Å². The molecule has 2 aromatic carbocycles. The number of sulfone groups is 1. The van der Waals surface area contributed by atoms with Gasteiger partial charge in [0.1, 0.15) is 22.9 Å². The number of benzene rings is 2. The van der Waals surface area contributed by atoms with Gasteiger partial charge in [-0.3, -0.25) is 9.36 Å². The number of carbonyl (C=O) groups is 1. The lowest BCUT2D eigenvalue weighted by atomic mass is 10.3. The highest BCUT2D eigenvalue weighted by Crippen LogP contribution is 2.25. The quantitative estimate of drug-likeness (QED) is 0.560. The molecule has 5 nitrogen and oxygen atoms in total. The van der Waals surface area contributed by atoms with Crippen LogP contribution in [0.5, 0.6) is 0 Å². The molecule has 0 unspecified atom stereocenters. The van der Waals surface area contributed by atoms with Gasteiger partial charge in [-0.15, -0.1) is 0 Å². The molecule has 0 bridgehead atoms. The molecule has 0 radical (unpaired) electrons. The van der Waals surface area contributed by atoms with Crippen LogP contribution >= 0.6 is 34.8 Å². The van der Waals surface area contributed by atoms with Crippen LogP contribution in [0.3, 0.4) is 0 Å². The Morgan fingerprint density at radius 1 is 1.00 bits per heavy atom. The lowest BCUT2D eigenvalue weighted by Crippen LogP contribution is -2.17. The molecule has 0 amide bonds. The number of Topliss-reactive ketones (excluding diaryl/α,β-unsaturated/α-hetero) is 1. The van der Waals surface area contributed by atoms with E-state index in [1.165, 1.54) is 29.1 Å². The molecule has 3 aromatic rings. The van der Waals surface area contributed by atoms with Crippen LogP contribution in [0, 0.1) is 0 Å². The number of rotatable bonds is 5. The van der Waals surface area contributed by atoms with Crippen LogP contribution in [0.15, 0.2) is 59.8 Å². The van der Waals surface area contributed by atoms with Crippen molar-refractivity contribution in [1.82, 2.24) is 9.55 Å². The molecule has 0 saturated heterocycles. The topological polar surface area (TPSA) is 69.0 Å². The van der Waals surface area contributed by atoms with E-state index in [-0.39, 0.29) is 20.8 Å². The number of hydrogen-bond donors (Lipinski definition) is 0. The second kappa shape index (κ2) is 7.40. The fourth-order valence-corrected chi connectivity index (χ4v) is 4.52. The fraction of sp³-hybridized carbons (Fsp3) is 0.0588. The van der Waals surface area contributed by atoms with Gasteiger partial charge in [0, 0.05) is 10.7 Å². The molecule has 134 valence electrons. The Morgan fingerprint density at radius 2 is 1.65 bits per heavy atom. The minimum Gasteiger partial charge on any atom is -0.291 e. The molecule has 0 atom stereocenters. The number of hydrogen-bond acceptors (Lipinski definition) is 4. The van der Waals surface area contributed by atoms with E-state index >= 15 is 0 Å². The third-order valence-corrected chi connectivity index (χ3v) is 6.29. The van der Waals surface area contributed by atoms with Crippen LogP contribution < -0.4 is 0 Å². The van der Waals surface area contributed by atoms with Crippen molar-refractivity contribution in [3.05, 3.63) is 75.8 Å².